The molecule has 0 heterocycles. The molecule has 13 heteroatoms. The number of amides is 3. The molecule has 0 aliphatic rings. The number of aliphatic carboxylic acids is 2. The zero-order chi connectivity index (χ0) is 28.2. The highest BCUT2D eigenvalue weighted by Crippen LogP contribution is 2.24. The molecule has 38 heavy (non-hydrogen) atoms. The van der Waals surface area contributed by atoms with Crippen LogP contribution in [0.3, 0.4) is 0 Å². The summed E-state index contributed by atoms with van der Waals surface area (Å²) in [5, 5.41) is 33.5. The van der Waals surface area contributed by atoms with Crippen molar-refractivity contribution >= 4 is 35.3 Å². The minimum atomic E-state index is -1.30. The van der Waals surface area contributed by atoms with E-state index in [1.54, 1.807) is 36.4 Å². The molecule has 0 radical (unpaired) electrons. The summed E-state index contributed by atoms with van der Waals surface area (Å²) in [5.74, 6) is -4.75. The Morgan fingerprint density at radius 1 is 0.842 bits per heavy atom. The number of hydrogen-bond acceptors (Lipinski definition) is 7. The monoisotopic (exact) mass is 528 g/mol. The van der Waals surface area contributed by atoms with Crippen molar-refractivity contribution in [1.29, 1.82) is 0 Å². The van der Waals surface area contributed by atoms with Gasteiger partial charge < -0.3 is 26.6 Å². The number of non-ortho nitro benzene ring substituents is 1. The largest absolute Gasteiger partial charge is 0.481 e. The Morgan fingerprint density at radius 2 is 1.45 bits per heavy atom. The van der Waals surface area contributed by atoms with Crippen molar-refractivity contribution in [2.24, 2.45) is 5.73 Å². The number of nitro groups is 1. The van der Waals surface area contributed by atoms with Crippen LogP contribution in [-0.2, 0) is 30.4 Å². The third-order valence-electron chi connectivity index (χ3n) is 5.59. The first kappa shape index (κ1) is 29.4. The van der Waals surface area contributed by atoms with E-state index in [1.165, 1.54) is 12.1 Å². The van der Waals surface area contributed by atoms with Gasteiger partial charge in [-0.1, -0.05) is 36.4 Å². The van der Waals surface area contributed by atoms with E-state index < -0.39 is 59.5 Å². The Balaban J connectivity index is 2.00. The fourth-order valence-corrected chi connectivity index (χ4v) is 3.55. The van der Waals surface area contributed by atoms with Gasteiger partial charge in [0.2, 0.25) is 17.7 Å². The molecule has 3 amide bonds. The van der Waals surface area contributed by atoms with E-state index >= 15 is 0 Å². The summed E-state index contributed by atoms with van der Waals surface area (Å²) in [4.78, 5) is 69.0. The van der Waals surface area contributed by atoms with Gasteiger partial charge >= 0.3 is 11.9 Å². The number of carboxylic acid groups (broad SMARTS) is 2. The minimum Gasteiger partial charge on any atom is -0.481 e. The van der Waals surface area contributed by atoms with Crippen LogP contribution < -0.4 is 16.4 Å². The van der Waals surface area contributed by atoms with Crippen molar-refractivity contribution in [3.05, 3.63) is 64.2 Å². The van der Waals surface area contributed by atoms with Crippen LogP contribution >= 0.6 is 0 Å². The van der Waals surface area contributed by atoms with Crippen LogP contribution in [0.4, 0.5) is 5.69 Å². The molecule has 0 spiro atoms. The van der Waals surface area contributed by atoms with Gasteiger partial charge in [0.15, 0.2) is 0 Å². The van der Waals surface area contributed by atoms with Gasteiger partial charge in [-0.3, -0.25) is 34.1 Å². The molecule has 0 fully saturated rings. The number of hydrogen-bond donors (Lipinski definition) is 5. The van der Waals surface area contributed by atoms with Gasteiger partial charge in [0.05, 0.1) is 4.92 Å². The van der Waals surface area contributed by atoms with Crippen LogP contribution in [0.2, 0.25) is 0 Å². The Morgan fingerprint density at radius 3 is 2.00 bits per heavy atom. The lowest BCUT2D eigenvalue weighted by atomic mass is 10.0. The number of carboxylic acids is 2. The number of nitrogens with two attached hydrogens (primary N) is 1. The number of carbonyl (C=O) groups excluding carboxylic acids is 3. The van der Waals surface area contributed by atoms with Gasteiger partial charge in [0.1, 0.15) is 12.1 Å². The number of benzene rings is 2. The second-order valence-corrected chi connectivity index (χ2v) is 8.45. The van der Waals surface area contributed by atoms with Crippen LogP contribution in [0.15, 0.2) is 48.5 Å². The summed E-state index contributed by atoms with van der Waals surface area (Å²) in [7, 11) is 0. The summed E-state index contributed by atoms with van der Waals surface area (Å²) in [6.07, 6.45) is -1.13. The van der Waals surface area contributed by atoms with Crippen LogP contribution in [0, 0.1) is 10.1 Å². The van der Waals surface area contributed by atoms with Crippen molar-refractivity contribution < 1.29 is 39.1 Å². The molecule has 2 atom stereocenters. The lowest BCUT2D eigenvalue weighted by Gasteiger charge is -2.21. The lowest BCUT2D eigenvalue weighted by molar-refractivity contribution is -0.384. The van der Waals surface area contributed by atoms with Crippen molar-refractivity contribution in [1.82, 2.24) is 10.6 Å². The van der Waals surface area contributed by atoms with Crippen LogP contribution in [0.1, 0.15) is 37.7 Å². The molecule has 2 aromatic rings. The van der Waals surface area contributed by atoms with E-state index in [-0.39, 0.29) is 31.4 Å². The van der Waals surface area contributed by atoms with Gasteiger partial charge in [0, 0.05) is 31.4 Å². The minimum absolute atomic E-state index is 0.0335. The van der Waals surface area contributed by atoms with Gasteiger partial charge in [0.25, 0.3) is 5.69 Å². The van der Waals surface area contributed by atoms with Gasteiger partial charge in [-0.25, -0.2) is 0 Å². The standard InChI is InChI=1S/C25H28N4O9/c26-24(35)19(9-12-22(31)32)28-25(36)20(10-13-23(33)34)27-21(30)11-6-15-4-7-16(8-5-15)17-2-1-3-18(14-17)29(37)38/h1-5,7-8,14,19-20H,6,9-13H2,(H2,26,35)(H,27,30)(H,28,36)(H,31,32)(H,33,34)/t19-,20?/m0/s1. The Labute approximate surface area is 217 Å². The van der Waals surface area contributed by atoms with Crippen molar-refractivity contribution in [2.75, 3.05) is 0 Å². The number of aryl methyl sites for hydroxylation is 1. The van der Waals surface area contributed by atoms with Gasteiger partial charge in [-0.05, 0) is 36.0 Å². The molecular weight excluding hydrogens is 500 g/mol. The fraction of sp³-hybridized carbons (Fsp3) is 0.320. The summed E-state index contributed by atoms with van der Waals surface area (Å²) < 4.78 is 0. The molecule has 0 bridgehead atoms. The number of nitrogens with zero attached hydrogens (tertiary/aromatic N) is 1. The molecule has 13 nitrogen and oxygen atoms in total. The number of nitro benzene ring substituents is 1. The zero-order valence-corrected chi connectivity index (χ0v) is 20.3. The quantitative estimate of drug-likeness (QED) is 0.166. The van der Waals surface area contributed by atoms with E-state index in [0.717, 1.165) is 11.1 Å². The third kappa shape index (κ3) is 9.68. The maximum atomic E-state index is 12.6. The third-order valence-corrected chi connectivity index (χ3v) is 5.59. The zero-order valence-electron chi connectivity index (χ0n) is 20.3. The van der Waals surface area contributed by atoms with Crippen molar-refractivity contribution in [3.63, 3.8) is 0 Å². The first-order valence-corrected chi connectivity index (χ1v) is 11.6. The molecule has 0 aliphatic heterocycles. The number of rotatable bonds is 15. The van der Waals surface area contributed by atoms with Gasteiger partial charge in [-0.2, -0.15) is 0 Å². The van der Waals surface area contributed by atoms with Crippen LogP contribution in [0.25, 0.3) is 11.1 Å². The molecule has 202 valence electrons. The van der Waals surface area contributed by atoms with E-state index in [4.69, 9.17) is 15.9 Å². The SMILES string of the molecule is NC(=O)[C@H](CCC(=O)O)NC(=O)C(CCC(=O)O)NC(=O)CCc1ccc(-c2cccc([N+](=O)[O-])c2)cc1. The summed E-state index contributed by atoms with van der Waals surface area (Å²) in [6, 6.07) is 10.6. The maximum absolute atomic E-state index is 12.6. The Hall–Kier alpha value is -4.81. The lowest BCUT2D eigenvalue weighted by Crippen LogP contribution is -2.53. The molecule has 2 aromatic carbocycles. The van der Waals surface area contributed by atoms with Crippen molar-refractivity contribution in [3.8, 4) is 11.1 Å². The Kier molecular flexibility index (Phi) is 10.9. The maximum Gasteiger partial charge on any atom is 0.303 e. The average molecular weight is 529 g/mol. The second-order valence-electron chi connectivity index (χ2n) is 8.45. The number of nitrogens with one attached hydrogen (secondary N) is 2. The molecule has 0 aromatic heterocycles. The molecule has 6 N–H and O–H groups in total. The summed E-state index contributed by atoms with van der Waals surface area (Å²) in [6.45, 7) is 0. The van der Waals surface area contributed by atoms with E-state index in [1.807, 2.05) is 0 Å². The highest BCUT2D eigenvalue weighted by atomic mass is 16.6. The number of carbonyl (C=O) groups is 5. The topological polar surface area (TPSA) is 219 Å². The summed E-state index contributed by atoms with van der Waals surface area (Å²) >= 11 is 0. The highest BCUT2D eigenvalue weighted by Gasteiger charge is 2.26. The first-order chi connectivity index (χ1) is 18.0. The van der Waals surface area contributed by atoms with E-state index in [9.17, 15) is 34.1 Å². The van der Waals surface area contributed by atoms with E-state index in [0.29, 0.717) is 5.56 Å². The van der Waals surface area contributed by atoms with E-state index in [2.05, 4.69) is 10.6 Å². The molecule has 0 saturated carbocycles. The van der Waals surface area contributed by atoms with Gasteiger partial charge in [-0.15, -0.1) is 0 Å². The molecule has 2 rings (SSSR count). The fourth-order valence-electron chi connectivity index (χ4n) is 3.55. The first-order valence-electron chi connectivity index (χ1n) is 11.6. The molecular formula is C25H28N4O9. The predicted molar refractivity (Wildman–Crippen MR) is 134 cm³/mol. The molecule has 1 unspecified atom stereocenters. The normalized spacial score (nSPS) is 12.1. The summed E-state index contributed by atoms with van der Waals surface area (Å²) in [5.41, 5.74) is 7.37. The second kappa shape index (κ2) is 14.1. The van der Waals surface area contributed by atoms with Crippen molar-refractivity contribution in [2.45, 2.75) is 50.6 Å². The number of primary amides is 1. The molecule has 0 saturated heterocycles. The average Bonchev–Trinajstić information content (AvgIpc) is 2.87. The van der Waals surface area contributed by atoms with Crippen LogP contribution in [-0.4, -0.2) is 56.9 Å². The van der Waals surface area contributed by atoms with Crippen LogP contribution in [0.5, 0.6) is 0 Å². The highest BCUT2D eigenvalue weighted by molar-refractivity contribution is 5.92. The predicted octanol–water partition coefficient (Wildman–Crippen LogP) is 1.38. The Bertz CT molecular complexity index is 1200. The smallest absolute Gasteiger partial charge is 0.303 e. The molecule has 0 aliphatic carbocycles.